The van der Waals surface area contributed by atoms with Crippen LogP contribution in [-0.2, 0) is 11.2 Å². The third-order valence-corrected chi connectivity index (χ3v) is 2.57. The molecule has 0 fully saturated rings. The standard InChI is InChI=1S/C12H12N4O2/c1-3-5-8-10(4-2)16-11(6-12(18)13-8)9(7-17)14-15-16/h3-5,7H,1,6H2,2H3,(H,13,18)/b8-5+,10-4+. The van der Waals surface area contributed by atoms with Gasteiger partial charge in [-0.25, -0.2) is 4.68 Å². The first-order valence-corrected chi connectivity index (χ1v) is 5.40. The number of nitrogens with zero attached hydrogens (tertiary/aromatic N) is 3. The normalized spacial score (nSPS) is 19.3. The number of allylic oxidation sites excluding steroid dienone is 4. The molecular weight excluding hydrogens is 232 g/mol. The van der Waals surface area contributed by atoms with Crippen LogP contribution in [0.15, 0.2) is 30.5 Å². The number of carbonyl (C=O) groups excluding carboxylic acids is 2. The molecule has 0 aromatic carbocycles. The predicted octanol–water partition coefficient (Wildman–Crippen LogP) is 0.694. The number of rotatable bonds is 2. The van der Waals surface area contributed by atoms with Gasteiger partial charge in [-0.15, -0.1) is 5.10 Å². The van der Waals surface area contributed by atoms with Crippen LogP contribution in [0.25, 0.3) is 5.70 Å². The molecule has 2 heterocycles. The van der Waals surface area contributed by atoms with Gasteiger partial charge in [-0.05, 0) is 13.0 Å². The molecule has 0 radical (unpaired) electrons. The van der Waals surface area contributed by atoms with Crippen LogP contribution in [0.5, 0.6) is 0 Å². The van der Waals surface area contributed by atoms with Crippen molar-refractivity contribution in [1.82, 2.24) is 20.3 Å². The molecule has 0 spiro atoms. The fourth-order valence-electron chi connectivity index (χ4n) is 1.81. The number of amides is 1. The van der Waals surface area contributed by atoms with Gasteiger partial charge >= 0.3 is 0 Å². The molecule has 0 aliphatic carbocycles. The van der Waals surface area contributed by atoms with E-state index in [0.717, 1.165) is 0 Å². The van der Waals surface area contributed by atoms with Crippen molar-refractivity contribution in [3.8, 4) is 0 Å². The fourth-order valence-corrected chi connectivity index (χ4v) is 1.81. The molecule has 0 saturated carbocycles. The van der Waals surface area contributed by atoms with Gasteiger partial charge in [0.05, 0.1) is 23.5 Å². The topological polar surface area (TPSA) is 76.9 Å². The van der Waals surface area contributed by atoms with Crippen molar-refractivity contribution in [2.45, 2.75) is 13.3 Å². The van der Waals surface area contributed by atoms with E-state index in [1.807, 2.05) is 6.92 Å². The van der Waals surface area contributed by atoms with Gasteiger partial charge in [0.1, 0.15) is 5.69 Å². The largest absolute Gasteiger partial charge is 0.324 e. The molecule has 1 N–H and O–H groups in total. The first kappa shape index (κ1) is 12.0. The number of aromatic nitrogens is 3. The molecule has 18 heavy (non-hydrogen) atoms. The van der Waals surface area contributed by atoms with Gasteiger partial charge in [-0.2, -0.15) is 0 Å². The zero-order valence-corrected chi connectivity index (χ0v) is 9.88. The monoisotopic (exact) mass is 244 g/mol. The van der Waals surface area contributed by atoms with E-state index in [0.29, 0.717) is 23.4 Å². The summed E-state index contributed by atoms with van der Waals surface area (Å²) in [4.78, 5) is 22.6. The number of fused-ring (bicyclic) bond motifs is 1. The minimum atomic E-state index is -0.216. The Balaban J connectivity index is 2.65. The first-order chi connectivity index (χ1) is 8.71. The Kier molecular flexibility index (Phi) is 3.18. The van der Waals surface area contributed by atoms with Crippen LogP contribution in [0.2, 0.25) is 0 Å². The smallest absolute Gasteiger partial charge is 0.230 e. The Morgan fingerprint density at radius 1 is 1.50 bits per heavy atom. The highest BCUT2D eigenvalue weighted by atomic mass is 16.1. The lowest BCUT2D eigenvalue weighted by Crippen LogP contribution is -2.22. The maximum absolute atomic E-state index is 11.8. The van der Waals surface area contributed by atoms with Crippen LogP contribution >= 0.6 is 0 Å². The zero-order valence-electron chi connectivity index (χ0n) is 9.88. The molecule has 6 nitrogen and oxygen atoms in total. The summed E-state index contributed by atoms with van der Waals surface area (Å²) in [6.45, 7) is 5.42. The quantitative estimate of drug-likeness (QED) is 0.777. The second-order valence-corrected chi connectivity index (χ2v) is 3.67. The lowest BCUT2D eigenvalue weighted by atomic mass is 10.2. The molecule has 1 aromatic heterocycles. The van der Waals surface area contributed by atoms with Gasteiger partial charge in [-0.3, -0.25) is 9.59 Å². The molecule has 1 amide bonds. The Morgan fingerprint density at radius 3 is 2.89 bits per heavy atom. The van der Waals surface area contributed by atoms with E-state index < -0.39 is 0 Å². The summed E-state index contributed by atoms with van der Waals surface area (Å²) in [7, 11) is 0. The Morgan fingerprint density at radius 2 is 2.28 bits per heavy atom. The molecule has 1 aliphatic rings. The van der Waals surface area contributed by atoms with E-state index in [2.05, 4.69) is 22.2 Å². The van der Waals surface area contributed by atoms with E-state index in [-0.39, 0.29) is 18.0 Å². The van der Waals surface area contributed by atoms with Crippen molar-refractivity contribution in [2.75, 3.05) is 0 Å². The van der Waals surface area contributed by atoms with Crippen molar-refractivity contribution in [3.63, 3.8) is 0 Å². The van der Waals surface area contributed by atoms with Crippen LogP contribution in [0.3, 0.4) is 0 Å². The summed E-state index contributed by atoms with van der Waals surface area (Å²) < 4.78 is 1.50. The molecule has 0 bridgehead atoms. The third-order valence-electron chi connectivity index (χ3n) is 2.57. The van der Waals surface area contributed by atoms with E-state index in [1.54, 1.807) is 18.2 Å². The van der Waals surface area contributed by atoms with E-state index in [4.69, 9.17) is 0 Å². The number of hydrogen-bond acceptors (Lipinski definition) is 4. The molecule has 0 saturated heterocycles. The Hall–Kier alpha value is -2.50. The molecule has 1 aliphatic heterocycles. The maximum atomic E-state index is 11.8. The molecule has 92 valence electrons. The van der Waals surface area contributed by atoms with Crippen LogP contribution in [0, 0.1) is 0 Å². The molecule has 2 rings (SSSR count). The Labute approximate surface area is 104 Å². The predicted molar refractivity (Wildman–Crippen MR) is 65.5 cm³/mol. The summed E-state index contributed by atoms with van der Waals surface area (Å²) >= 11 is 0. The van der Waals surface area contributed by atoms with Gasteiger partial charge in [0.15, 0.2) is 6.29 Å². The number of carbonyl (C=O) groups is 2. The van der Waals surface area contributed by atoms with Crippen molar-refractivity contribution < 1.29 is 9.59 Å². The maximum Gasteiger partial charge on any atom is 0.230 e. The summed E-state index contributed by atoms with van der Waals surface area (Å²) in [5.41, 5.74) is 1.92. The average molecular weight is 244 g/mol. The molecule has 6 heteroatoms. The fraction of sp³-hybridized carbons (Fsp3) is 0.167. The highest BCUT2D eigenvalue weighted by Gasteiger charge is 2.24. The summed E-state index contributed by atoms with van der Waals surface area (Å²) in [5.74, 6) is -0.216. The summed E-state index contributed by atoms with van der Waals surface area (Å²) in [5, 5.41) is 10.4. The minimum Gasteiger partial charge on any atom is -0.324 e. The molecule has 0 atom stereocenters. The number of aldehydes is 1. The van der Waals surface area contributed by atoms with E-state index in [1.165, 1.54) is 4.68 Å². The lowest BCUT2D eigenvalue weighted by Gasteiger charge is -2.08. The number of nitrogens with one attached hydrogen (secondary N) is 1. The summed E-state index contributed by atoms with van der Waals surface area (Å²) in [6.07, 6.45) is 5.69. The van der Waals surface area contributed by atoms with Crippen LogP contribution < -0.4 is 5.32 Å². The van der Waals surface area contributed by atoms with Gasteiger partial charge in [-0.1, -0.05) is 23.9 Å². The van der Waals surface area contributed by atoms with Crippen LogP contribution in [0.1, 0.15) is 23.1 Å². The van der Waals surface area contributed by atoms with Gasteiger partial charge < -0.3 is 5.32 Å². The highest BCUT2D eigenvalue weighted by Crippen LogP contribution is 2.20. The van der Waals surface area contributed by atoms with Crippen molar-refractivity contribution in [2.24, 2.45) is 0 Å². The highest BCUT2D eigenvalue weighted by molar-refractivity contribution is 5.88. The van der Waals surface area contributed by atoms with Gasteiger partial charge in [0.2, 0.25) is 5.91 Å². The van der Waals surface area contributed by atoms with Crippen LogP contribution in [0.4, 0.5) is 0 Å². The van der Waals surface area contributed by atoms with E-state index in [9.17, 15) is 9.59 Å². The van der Waals surface area contributed by atoms with Crippen molar-refractivity contribution in [1.29, 1.82) is 0 Å². The average Bonchev–Trinajstić information content (AvgIpc) is 2.67. The number of hydrogen-bond donors (Lipinski definition) is 1. The van der Waals surface area contributed by atoms with Gasteiger partial charge in [0, 0.05) is 0 Å². The lowest BCUT2D eigenvalue weighted by molar-refractivity contribution is -0.119. The Bertz CT molecular complexity index is 581. The minimum absolute atomic E-state index is 0.0624. The van der Waals surface area contributed by atoms with Crippen molar-refractivity contribution in [3.05, 3.63) is 41.9 Å². The SMILES string of the molecule is C=C/C=C1/NC(=O)Cc2c(C=O)nnn2/C1=C/C. The van der Waals surface area contributed by atoms with Crippen molar-refractivity contribution >= 4 is 17.9 Å². The molecule has 1 aromatic rings. The van der Waals surface area contributed by atoms with Crippen LogP contribution in [-0.4, -0.2) is 27.2 Å². The second-order valence-electron chi connectivity index (χ2n) is 3.67. The zero-order chi connectivity index (χ0) is 13.1. The third kappa shape index (κ3) is 1.88. The second kappa shape index (κ2) is 4.79. The summed E-state index contributed by atoms with van der Waals surface area (Å²) in [6, 6.07) is 0. The molecule has 0 unspecified atom stereocenters. The molecular formula is C12H12N4O2. The van der Waals surface area contributed by atoms with Gasteiger partial charge in [0.25, 0.3) is 0 Å². The first-order valence-electron chi connectivity index (χ1n) is 5.40. The van der Waals surface area contributed by atoms with E-state index >= 15 is 0 Å².